The largest absolute Gasteiger partial charge is 0.389 e. The molecule has 0 radical (unpaired) electrons. The van der Waals surface area contributed by atoms with E-state index in [1.54, 1.807) is 11.0 Å². The van der Waals surface area contributed by atoms with E-state index < -0.39 is 12.1 Å². The van der Waals surface area contributed by atoms with E-state index in [9.17, 15) is 14.7 Å². The second kappa shape index (κ2) is 7.46. The van der Waals surface area contributed by atoms with Crippen molar-refractivity contribution in [2.24, 2.45) is 0 Å². The molecule has 3 N–H and O–H groups in total. The van der Waals surface area contributed by atoms with Crippen LogP contribution in [-0.4, -0.2) is 52.0 Å². The predicted octanol–water partition coefficient (Wildman–Crippen LogP) is 2.54. The molecule has 3 heterocycles. The van der Waals surface area contributed by atoms with E-state index in [2.05, 4.69) is 26.2 Å². The van der Waals surface area contributed by atoms with Crippen LogP contribution < -0.4 is 5.32 Å². The van der Waals surface area contributed by atoms with Crippen molar-refractivity contribution in [3.05, 3.63) is 57.5 Å². The molecule has 0 bridgehead atoms. The number of halogens is 1. The standard InChI is InChI=1S/C19H18BrN3O3S/c20-17-8-13-16(27-17)7-14(21-13)18(25)22-15(6-11-4-2-1-3-5-11)19(26)23-9-12(24)10-23/h1-5,7-8,12,15,21,24H,6,9-10H2,(H,22,25)/t15-/m0/s1. The van der Waals surface area contributed by atoms with E-state index in [0.717, 1.165) is 19.6 Å². The smallest absolute Gasteiger partial charge is 0.268 e. The number of hydrogen-bond acceptors (Lipinski definition) is 4. The summed E-state index contributed by atoms with van der Waals surface area (Å²) in [5.74, 6) is -0.488. The SMILES string of the molecule is O=C(N[C@@H](Cc1ccccc1)C(=O)N1CC(O)C1)c1cc2sc(Br)cc2[nH]1. The van der Waals surface area contributed by atoms with E-state index in [1.165, 1.54) is 11.3 Å². The molecule has 27 heavy (non-hydrogen) atoms. The quantitative estimate of drug-likeness (QED) is 0.561. The van der Waals surface area contributed by atoms with E-state index in [4.69, 9.17) is 0 Å². The average molecular weight is 448 g/mol. The molecule has 0 saturated carbocycles. The van der Waals surface area contributed by atoms with Crippen LogP contribution in [0.3, 0.4) is 0 Å². The van der Waals surface area contributed by atoms with Gasteiger partial charge in [0.2, 0.25) is 5.91 Å². The molecule has 2 aromatic heterocycles. The normalized spacial score (nSPS) is 15.6. The van der Waals surface area contributed by atoms with Crippen LogP contribution in [0.2, 0.25) is 0 Å². The first-order chi connectivity index (χ1) is 13.0. The Balaban J connectivity index is 1.52. The molecular formula is C19H18BrN3O3S. The number of nitrogens with zero attached hydrogens (tertiary/aromatic N) is 1. The number of aromatic amines is 1. The second-order valence-corrected chi connectivity index (χ2v) is 9.09. The minimum atomic E-state index is -0.680. The van der Waals surface area contributed by atoms with Crippen LogP contribution in [0.4, 0.5) is 0 Å². The molecule has 3 aromatic rings. The van der Waals surface area contributed by atoms with E-state index >= 15 is 0 Å². The number of thiophene rings is 1. The van der Waals surface area contributed by atoms with Gasteiger partial charge in [-0.1, -0.05) is 30.3 Å². The van der Waals surface area contributed by atoms with Crippen molar-refractivity contribution in [3.8, 4) is 0 Å². The highest BCUT2D eigenvalue weighted by Gasteiger charge is 2.34. The number of rotatable bonds is 5. The Morgan fingerprint density at radius 2 is 2.04 bits per heavy atom. The first-order valence-corrected chi connectivity index (χ1v) is 10.2. The zero-order valence-corrected chi connectivity index (χ0v) is 16.7. The summed E-state index contributed by atoms with van der Waals surface area (Å²) < 4.78 is 1.97. The molecule has 1 saturated heterocycles. The number of carbonyl (C=O) groups is 2. The lowest BCUT2D eigenvalue weighted by molar-refractivity contribution is -0.143. The van der Waals surface area contributed by atoms with Gasteiger partial charge in [-0.3, -0.25) is 9.59 Å². The van der Waals surface area contributed by atoms with Crippen LogP contribution in [0.5, 0.6) is 0 Å². The van der Waals surface area contributed by atoms with Gasteiger partial charge >= 0.3 is 0 Å². The fraction of sp³-hybridized carbons (Fsp3) is 0.263. The summed E-state index contributed by atoms with van der Waals surface area (Å²) in [6, 6.07) is 12.6. The molecule has 140 valence electrons. The third kappa shape index (κ3) is 3.92. The van der Waals surface area contributed by atoms with Gasteiger partial charge in [0, 0.05) is 19.5 Å². The summed E-state index contributed by atoms with van der Waals surface area (Å²) in [5, 5.41) is 12.3. The molecule has 1 atom stereocenters. The van der Waals surface area contributed by atoms with Gasteiger partial charge in [0.1, 0.15) is 11.7 Å². The number of carbonyl (C=O) groups excluding carboxylic acids is 2. The lowest BCUT2D eigenvalue weighted by atomic mass is 10.0. The number of amides is 2. The van der Waals surface area contributed by atoms with Gasteiger partial charge in [-0.2, -0.15) is 0 Å². The zero-order valence-electron chi connectivity index (χ0n) is 14.3. The maximum atomic E-state index is 12.8. The molecule has 0 spiro atoms. The first kappa shape index (κ1) is 18.2. The molecule has 0 unspecified atom stereocenters. The Bertz CT molecular complexity index is 947. The van der Waals surface area contributed by atoms with Crippen molar-refractivity contribution < 1.29 is 14.7 Å². The van der Waals surface area contributed by atoms with Crippen LogP contribution in [0.1, 0.15) is 16.1 Å². The topological polar surface area (TPSA) is 85.4 Å². The molecule has 2 amide bonds. The van der Waals surface area contributed by atoms with Crippen LogP contribution in [0.15, 0.2) is 46.3 Å². The number of aromatic nitrogens is 1. The number of β-amino-alcohol motifs (C(OH)–C–C–N with tert-alkyl or cyclic N) is 1. The monoisotopic (exact) mass is 447 g/mol. The molecule has 1 aliphatic heterocycles. The molecule has 4 rings (SSSR count). The third-order valence-corrected chi connectivity index (χ3v) is 6.17. The highest BCUT2D eigenvalue weighted by atomic mass is 79.9. The van der Waals surface area contributed by atoms with E-state index in [-0.39, 0.29) is 11.8 Å². The predicted molar refractivity (Wildman–Crippen MR) is 108 cm³/mol. The summed E-state index contributed by atoms with van der Waals surface area (Å²) in [4.78, 5) is 30.2. The second-order valence-electron chi connectivity index (χ2n) is 6.62. The van der Waals surface area contributed by atoms with Crippen LogP contribution >= 0.6 is 27.3 Å². The number of aliphatic hydroxyl groups is 1. The molecule has 6 nitrogen and oxygen atoms in total. The Kier molecular flexibility index (Phi) is 5.03. The fourth-order valence-electron chi connectivity index (χ4n) is 3.16. The number of benzene rings is 1. The number of fused-ring (bicyclic) bond motifs is 1. The zero-order chi connectivity index (χ0) is 19.0. The molecule has 8 heteroatoms. The summed E-state index contributed by atoms with van der Waals surface area (Å²) in [6.07, 6.45) is -0.0748. The fourth-order valence-corrected chi connectivity index (χ4v) is 4.69. The lowest BCUT2D eigenvalue weighted by Gasteiger charge is -2.38. The summed E-state index contributed by atoms with van der Waals surface area (Å²) in [6.45, 7) is 0.624. The summed E-state index contributed by atoms with van der Waals surface area (Å²) in [7, 11) is 0. The molecule has 1 fully saturated rings. The highest BCUT2D eigenvalue weighted by molar-refractivity contribution is 9.11. The van der Waals surface area contributed by atoms with Crippen LogP contribution in [0.25, 0.3) is 10.2 Å². The van der Waals surface area contributed by atoms with Gasteiger partial charge in [0.25, 0.3) is 5.91 Å². The summed E-state index contributed by atoms with van der Waals surface area (Å²) >= 11 is 4.96. The number of aliphatic hydroxyl groups excluding tert-OH is 1. The minimum absolute atomic E-state index is 0.173. The highest BCUT2D eigenvalue weighted by Crippen LogP contribution is 2.30. The van der Waals surface area contributed by atoms with Crippen molar-refractivity contribution in [1.82, 2.24) is 15.2 Å². The lowest BCUT2D eigenvalue weighted by Crippen LogP contribution is -2.59. The van der Waals surface area contributed by atoms with Crippen molar-refractivity contribution in [3.63, 3.8) is 0 Å². The maximum Gasteiger partial charge on any atom is 0.268 e. The third-order valence-electron chi connectivity index (χ3n) is 4.58. The Morgan fingerprint density at radius 1 is 1.30 bits per heavy atom. The van der Waals surface area contributed by atoms with Crippen molar-refractivity contribution in [1.29, 1.82) is 0 Å². The number of hydrogen-bond donors (Lipinski definition) is 3. The molecule has 0 aliphatic carbocycles. The van der Waals surface area contributed by atoms with E-state index in [1.807, 2.05) is 36.4 Å². The van der Waals surface area contributed by atoms with Crippen molar-refractivity contribution in [2.75, 3.05) is 13.1 Å². The Labute approximate surface area is 168 Å². The first-order valence-electron chi connectivity index (χ1n) is 8.59. The van der Waals surface area contributed by atoms with Gasteiger partial charge in [0.15, 0.2) is 0 Å². The van der Waals surface area contributed by atoms with Gasteiger partial charge in [-0.15, -0.1) is 11.3 Å². The maximum absolute atomic E-state index is 12.8. The number of H-pyrrole nitrogens is 1. The summed E-state index contributed by atoms with van der Waals surface area (Å²) in [5.41, 5.74) is 2.28. The Hall–Kier alpha value is -2.16. The van der Waals surface area contributed by atoms with Crippen LogP contribution in [-0.2, 0) is 11.2 Å². The van der Waals surface area contributed by atoms with E-state index in [0.29, 0.717) is 25.2 Å². The van der Waals surface area contributed by atoms with Gasteiger partial charge in [-0.05, 0) is 33.6 Å². The van der Waals surface area contributed by atoms with Crippen LogP contribution in [0, 0.1) is 0 Å². The number of likely N-dealkylation sites (tertiary alicyclic amines) is 1. The van der Waals surface area contributed by atoms with Gasteiger partial charge in [0.05, 0.1) is 20.1 Å². The molecular weight excluding hydrogens is 430 g/mol. The molecule has 1 aromatic carbocycles. The average Bonchev–Trinajstić information content (AvgIpc) is 3.16. The Morgan fingerprint density at radius 3 is 2.70 bits per heavy atom. The molecule has 1 aliphatic rings. The van der Waals surface area contributed by atoms with Crippen molar-refractivity contribution >= 4 is 49.3 Å². The number of nitrogens with one attached hydrogen (secondary N) is 2. The minimum Gasteiger partial charge on any atom is -0.389 e. The van der Waals surface area contributed by atoms with Gasteiger partial charge in [-0.25, -0.2) is 0 Å². The van der Waals surface area contributed by atoms with Crippen molar-refractivity contribution in [2.45, 2.75) is 18.6 Å². The van der Waals surface area contributed by atoms with Gasteiger partial charge < -0.3 is 20.3 Å².